The highest BCUT2D eigenvalue weighted by molar-refractivity contribution is 5.79. The molecule has 7 heteroatoms. The van der Waals surface area contributed by atoms with Crippen LogP contribution in [-0.2, 0) is 28.9 Å². The summed E-state index contributed by atoms with van der Waals surface area (Å²) < 4.78 is 10.6. The van der Waals surface area contributed by atoms with Gasteiger partial charge in [-0.3, -0.25) is 4.79 Å². The SMILES string of the molecule is COc1cccc(CNC(=O)C2CCc3nc(N4CCOCC4)ncc3C2)c1. The Balaban J connectivity index is 1.36. The fourth-order valence-corrected chi connectivity index (χ4v) is 3.75. The molecule has 1 aromatic heterocycles. The Kier molecular flexibility index (Phi) is 5.71. The van der Waals surface area contributed by atoms with E-state index in [0.717, 1.165) is 67.7 Å². The van der Waals surface area contributed by atoms with Crippen LogP contribution in [0.2, 0.25) is 0 Å². The average Bonchev–Trinajstić information content (AvgIpc) is 2.77. The summed E-state index contributed by atoms with van der Waals surface area (Å²) in [5.74, 6) is 1.64. The second kappa shape index (κ2) is 8.56. The first-order valence-corrected chi connectivity index (χ1v) is 9.81. The molecule has 1 fully saturated rings. The van der Waals surface area contributed by atoms with E-state index in [9.17, 15) is 4.79 Å². The number of hydrogen-bond acceptors (Lipinski definition) is 6. The summed E-state index contributed by atoms with van der Waals surface area (Å²) in [5.41, 5.74) is 3.19. The molecular weight excluding hydrogens is 356 g/mol. The number of amides is 1. The van der Waals surface area contributed by atoms with Crippen molar-refractivity contribution >= 4 is 11.9 Å². The number of aryl methyl sites for hydroxylation is 1. The normalized spacial score (nSPS) is 19.0. The fourth-order valence-electron chi connectivity index (χ4n) is 3.75. The van der Waals surface area contributed by atoms with Crippen molar-refractivity contribution in [3.8, 4) is 5.75 Å². The van der Waals surface area contributed by atoms with Gasteiger partial charge < -0.3 is 19.7 Å². The van der Waals surface area contributed by atoms with Crippen molar-refractivity contribution in [1.29, 1.82) is 0 Å². The van der Waals surface area contributed by atoms with E-state index in [2.05, 4.69) is 15.2 Å². The van der Waals surface area contributed by atoms with Gasteiger partial charge in [0.2, 0.25) is 11.9 Å². The molecule has 0 bridgehead atoms. The second-order valence-electron chi connectivity index (χ2n) is 7.25. The zero-order valence-electron chi connectivity index (χ0n) is 16.2. The number of carbonyl (C=O) groups excluding carboxylic acids is 1. The average molecular weight is 382 g/mol. The zero-order chi connectivity index (χ0) is 19.3. The highest BCUT2D eigenvalue weighted by Gasteiger charge is 2.26. The Morgan fingerprint density at radius 1 is 1.36 bits per heavy atom. The number of anilines is 1. The minimum Gasteiger partial charge on any atom is -0.497 e. The summed E-state index contributed by atoms with van der Waals surface area (Å²) in [6.45, 7) is 3.60. The third-order valence-electron chi connectivity index (χ3n) is 5.40. The largest absolute Gasteiger partial charge is 0.497 e. The number of hydrogen-bond donors (Lipinski definition) is 1. The molecule has 0 saturated carbocycles. The van der Waals surface area contributed by atoms with Crippen LogP contribution in [0.5, 0.6) is 5.75 Å². The first-order chi connectivity index (χ1) is 13.7. The number of methoxy groups -OCH3 is 1. The molecule has 28 heavy (non-hydrogen) atoms. The Hall–Kier alpha value is -2.67. The minimum absolute atomic E-state index is 0.0315. The van der Waals surface area contributed by atoms with Crippen LogP contribution in [0.15, 0.2) is 30.5 Å². The summed E-state index contributed by atoms with van der Waals surface area (Å²) >= 11 is 0. The lowest BCUT2D eigenvalue weighted by molar-refractivity contribution is -0.125. The maximum Gasteiger partial charge on any atom is 0.225 e. The molecule has 2 aromatic rings. The van der Waals surface area contributed by atoms with E-state index in [-0.39, 0.29) is 11.8 Å². The maximum atomic E-state index is 12.6. The van der Waals surface area contributed by atoms with Crippen LogP contribution >= 0.6 is 0 Å². The van der Waals surface area contributed by atoms with E-state index in [0.29, 0.717) is 13.0 Å². The molecule has 2 aliphatic rings. The quantitative estimate of drug-likeness (QED) is 0.849. The molecule has 1 N–H and O–H groups in total. The molecule has 4 rings (SSSR count). The summed E-state index contributed by atoms with van der Waals surface area (Å²) in [4.78, 5) is 24.1. The van der Waals surface area contributed by atoms with Crippen molar-refractivity contribution in [3.05, 3.63) is 47.3 Å². The number of carbonyl (C=O) groups is 1. The van der Waals surface area contributed by atoms with E-state index in [1.54, 1.807) is 7.11 Å². The number of morpholine rings is 1. The third kappa shape index (κ3) is 4.25. The van der Waals surface area contributed by atoms with Crippen LogP contribution in [0, 0.1) is 5.92 Å². The summed E-state index contributed by atoms with van der Waals surface area (Å²) in [5, 5.41) is 3.06. The molecular formula is C21H26N4O3. The van der Waals surface area contributed by atoms with E-state index < -0.39 is 0 Å². The molecule has 0 radical (unpaired) electrons. The van der Waals surface area contributed by atoms with Gasteiger partial charge in [-0.1, -0.05) is 12.1 Å². The minimum atomic E-state index is -0.0315. The summed E-state index contributed by atoms with van der Waals surface area (Å²) in [6.07, 6.45) is 4.22. The number of fused-ring (bicyclic) bond motifs is 1. The summed E-state index contributed by atoms with van der Waals surface area (Å²) in [7, 11) is 1.64. The van der Waals surface area contributed by atoms with Crippen LogP contribution < -0.4 is 15.0 Å². The van der Waals surface area contributed by atoms with Gasteiger partial charge in [-0.15, -0.1) is 0 Å². The predicted octanol–water partition coefficient (Wildman–Crippen LogP) is 1.74. The van der Waals surface area contributed by atoms with Gasteiger partial charge >= 0.3 is 0 Å². The topological polar surface area (TPSA) is 76.6 Å². The van der Waals surface area contributed by atoms with E-state index >= 15 is 0 Å². The second-order valence-corrected chi connectivity index (χ2v) is 7.25. The molecule has 1 unspecified atom stereocenters. The van der Waals surface area contributed by atoms with Crippen molar-refractivity contribution in [2.24, 2.45) is 5.92 Å². The van der Waals surface area contributed by atoms with Crippen molar-refractivity contribution < 1.29 is 14.3 Å². The van der Waals surface area contributed by atoms with Gasteiger partial charge in [0.05, 0.1) is 20.3 Å². The lowest BCUT2D eigenvalue weighted by Gasteiger charge is -2.28. The lowest BCUT2D eigenvalue weighted by Crippen LogP contribution is -2.38. The molecule has 148 valence electrons. The zero-order valence-corrected chi connectivity index (χ0v) is 16.2. The number of aromatic nitrogens is 2. The van der Waals surface area contributed by atoms with Crippen LogP contribution in [0.25, 0.3) is 0 Å². The lowest BCUT2D eigenvalue weighted by atomic mass is 9.86. The third-order valence-corrected chi connectivity index (χ3v) is 5.40. The number of ether oxygens (including phenoxy) is 2. The molecule has 7 nitrogen and oxygen atoms in total. The van der Waals surface area contributed by atoms with Gasteiger partial charge in [-0.05, 0) is 42.5 Å². The molecule has 1 saturated heterocycles. The number of nitrogens with zero attached hydrogens (tertiary/aromatic N) is 3. The van der Waals surface area contributed by atoms with Crippen molar-refractivity contribution in [2.75, 3.05) is 38.3 Å². The van der Waals surface area contributed by atoms with Crippen LogP contribution in [0.3, 0.4) is 0 Å². The highest BCUT2D eigenvalue weighted by Crippen LogP contribution is 2.26. The van der Waals surface area contributed by atoms with Gasteiger partial charge in [0.15, 0.2) is 0 Å². The maximum absolute atomic E-state index is 12.6. The van der Waals surface area contributed by atoms with Crippen molar-refractivity contribution in [3.63, 3.8) is 0 Å². The molecule has 1 aliphatic carbocycles. The van der Waals surface area contributed by atoms with Crippen molar-refractivity contribution in [2.45, 2.75) is 25.8 Å². The van der Waals surface area contributed by atoms with Crippen LogP contribution in [0.1, 0.15) is 23.2 Å². The highest BCUT2D eigenvalue weighted by atomic mass is 16.5. The van der Waals surface area contributed by atoms with Gasteiger partial charge in [-0.25, -0.2) is 9.97 Å². The Labute approximate surface area is 165 Å². The molecule has 1 aromatic carbocycles. The monoisotopic (exact) mass is 382 g/mol. The van der Waals surface area contributed by atoms with Gasteiger partial charge in [0.25, 0.3) is 0 Å². The predicted molar refractivity (Wildman–Crippen MR) is 105 cm³/mol. The van der Waals surface area contributed by atoms with Gasteiger partial charge in [0.1, 0.15) is 5.75 Å². The standard InChI is InChI=1S/C21H26N4O3/c1-27-18-4-2-3-15(11-18)13-22-20(26)16-5-6-19-17(12-16)14-23-21(24-19)25-7-9-28-10-8-25/h2-4,11,14,16H,5-10,12-13H2,1H3,(H,22,26). The Bertz CT molecular complexity index is 836. The Morgan fingerprint density at radius 2 is 2.21 bits per heavy atom. The molecule has 2 heterocycles. The van der Waals surface area contributed by atoms with E-state index in [1.807, 2.05) is 30.5 Å². The molecule has 1 amide bonds. The Morgan fingerprint density at radius 3 is 3.04 bits per heavy atom. The first kappa shape index (κ1) is 18.7. The van der Waals surface area contributed by atoms with E-state index in [4.69, 9.17) is 14.5 Å². The number of nitrogens with one attached hydrogen (secondary N) is 1. The van der Waals surface area contributed by atoms with Crippen LogP contribution in [0.4, 0.5) is 5.95 Å². The van der Waals surface area contributed by atoms with Crippen molar-refractivity contribution in [1.82, 2.24) is 15.3 Å². The fraction of sp³-hybridized carbons (Fsp3) is 0.476. The smallest absolute Gasteiger partial charge is 0.225 e. The number of benzene rings is 1. The summed E-state index contributed by atoms with van der Waals surface area (Å²) in [6, 6.07) is 7.76. The van der Waals surface area contributed by atoms with Gasteiger partial charge in [0, 0.05) is 37.4 Å². The first-order valence-electron chi connectivity index (χ1n) is 9.81. The van der Waals surface area contributed by atoms with Gasteiger partial charge in [-0.2, -0.15) is 0 Å². The number of rotatable bonds is 5. The molecule has 1 atom stereocenters. The molecule has 1 aliphatic heterocycles. The molecule has 0 spiro atoms. The van der Waals surface area contributed by atoms with Crippen LogP contribution in [-0.4, -0.2) is 49.3 Å². The van der Waals surface area contributed by atoms with E-state index in [1.165, 1.54) is 0 Å².